The number of aryl methyl sites for hydroxylation is 1. The fraction of sp³-hybridized carbons (Fsp3) is 0.667. The minimum absolute atomic E-state index is 0.732. The second kappa shape index (κ2) is 6.62. The molecule has 0 aromatic heterocycles. The van der Waals surface area contributed by atoms with E-state index in [1.165, 1.54) is 56.1 Å². The molecule has 1 heterocycles. The normalized spacial score (nSPS) is 25.9. The quantitative estimate of drug-likeness (QED) is 0.844. The molecule has 2 aliphatic rings. The predicted molar refractivity (Wildman–Crippen MR) is 83.4 cm³/mol. The SMILES string of the molecule is CNC1CCCCCC1CCc1ccc2c(c1)CCO2. The zero-order chi connectivity index (χ0) is 13.8. The molecule has 0 spiro atoms. The average molecular weight is 273 g/mol. The van der Waals surface area contributed by atoms with Gasteiger partial charge in [0, 0.05) is 12.5 Å². The third-order valence-corrected chi connectivity index (χ3v) is 5.09. The first-order valence-electron chi connectivity index (χ1n) is 8.28. The van der Waals surface area contributed by atoms with E-state index in [0.717, 1.165) is 30.7 Å². The highest BCUT2D eigenvalue weighted by Crippen LogP contribution is 2.29. The number of rotatable bonds is 4. The predicted octanol–water partition coefficient (Wildman–Crippen LogP) is 3.72. The minimum atomic E-state index is 0.732. The molecular weight excluding hydrogens is 246 g/mol. The maximum Gasteiger partial charge on any atom is 0.122 e. The Morgan fingerprint density at radius 3 is 3.00 bits per heavy atom. The van der Waals surface area contributed by atoms with Gasteiger partial charge in [0.1, 0.15) is 5.75 Å². The van der Waals surface area contributed by atoms with Crippen LogP contribution in [-0.4, -0.2) is 19.7 Å². The van der Waals surface area contributed by atoms with Crippen molar-refractivity contribution in [2.24, 2.45) is 5.92 Å². The van der Waals surface area contributed by atoms with E-state index < -0.39 is 0 Å². The van der Waals surface area contributed by atoms with E-state index >= 15 is 0 Å². The Morgan fingerprint density at radius 2 is 2.10 bits per heavy atom. The summed E-state index contributed by atoms with van der Waals surface area (Å²) in [5.74, 6) is 1.96. The average Bonchev–Trinajstić information content (AvgIpc) is 2.82. The Bertz CT molecular complexity index is 443. The van der Waals surface area contributed by atoms with Crippen molar-refractivity contribution in [1.82, 2.24) is 5.32 Å². The highest BCUT2D eigenvalue weighted by Gasteiger charge is 2.22. The van der Waals surface area contributed by atoms with Gasteiger partial charge < -0.3 is 10.1 Å². The Labute approximate surface area is 122 Å². The van der Waals surface area contributed by atoms with Crippen molar-refractivity contribution in [3.8, 4) is 5.75 Å². The molecule has 2 heteroatoms. The number of fused-ring (bicyclic) bond motifs is 1. The van der Waals surface area contributed by atoms with E-state index in [1.54, 1.807) is 0 Å². The molecule has 2 nitrogen and oxygen atoms in total. The summed E-state index contributed by atoms with van der Waals surface area (Å²) < 4.78 is 5.59. The molecule has 1 aromatic carbocycles. The first kappa shape index (κ1) is 13.9. The van der Waals surface area contributed by atoms with E-state index in [4.69, 9.17) is 4.74 Å². The van der Waals surface area contributed by atoms with Gasteiger partial charge in [0.15, 0.2) is 0 Å². The van der Waals surface area contributed by atoms with E-state index in [2.05, 4.69) is 30.6 Å². The molecule has 1 N–H and O–H groups in total. The monoisotopic (exact) mass is 273 g/mol. The Morgan fingerprint density at radius 1 is 1.20 bits per heavy atom. The summed E-state index contributed by atoms with van der Waals surface area (Å²) in [6, 6.07) is 7.53. The van der Waals surface area contributed by atoms with Crippen LogP contribution >= 0.6 is 0 Å². The second-order valence-electron chi connectivity index (χ2n) is 6.37. The van der Waals surface area contributed by atoms with Gasteiger partial charge in [-0.1, -0.05) is 31.4 Å². The van der Waals surface area contributed by atoms with Gasteiger partial charge in [-0.05, 0) is 55.8 Å². The molecule has 1 saturated carbocycles. The van der Waals surface area contributed by atoms with Gasteiger partial charge >= 0.3 is 0 Å². The number of hydrogen-bond donors (Lipinski definition) is 1. The highest BCUT2D eigenvalue weighted by atomic mass is 16.5. The third kappa shape index (κ3) is 3.17. The second-order valence-corrected chi connectivity index (χ2v) is 6.37. The molecule has 110 valence electrons. The van der Waals surface area contributed by atoms with Crippen molar-refractivity contribution in [3.05, 3.63) is 29.3 Å². The first-order chi connectivity index (χ1) is 9.86. The molecule has 3 rings (SSSR count). The van der Waals surface area contributed by atoms with Crippen LogP contribution in [0.3, 0.4) is 0 Å². The summed E-state index contributed by atoms with van der Waals surface area (Å²) in [6.45, 7) is 0.864. The summed E-state index contributed by atoms with van der Waals surface area (Å²) >= 11 is 0. The largest absolute Gasteiger partial charge is 0.493 e. The minimum Gasteiger partial charge on any atom is -0.493 e. The number of ether oxygens (including phenoxy) is 1. The van der Waals surface area contributed by atoms with Gasteiger partial charge in [-0.2, -0.15) is 0 Å². The summed E-state index contributed by atoms with van der Waals surface area (Å²) in [6.07, 6.45) is 10.6. The van der Waals surface area contributed by atoms with Crippen LogP contribution in [0.4, 0.5) is 0 Å². The molecule has 2 unspecified atom stereocenters. The number of benzene rings is 1. The molecule has 1 fully saturated rings. The van der Waals surface area contributed by atoms with Gasteiger partial charge in [0.2, 0.25) is 0 Å². The Hall–Kier alpha value is -1.02. The van der Waals surface area contributed by atoms with Crippen LogP contribution in [0.2, 0.25) is 0 Å². The van der Waals surface area contributed by atoms with Crippen LogP contribution in [0.25, 0.3) is 0 Å². The molecule has 1 aliphatic carbocycles. The maximum atomic E-state index is 5.59. The van der Waals surface area contributed by atoms with Crippen LogP contribution in [0, 0.1) is 5.92 Å². The fourth-order valence-corrected chi connectivity index (χ4v) is 3.86. The van der Waals surface area contributed by atoms with Gasteiger partial charge in [-0.3, -0.25) is 0 Å². The first-order valence-corrected chi connectivity index (χ1v) is 8.28. The van der Waals surface area contributed by atoms with Crippen molar-refractivity contribution < 1.29 is 4.74 Å². The summed E-state index contributed by atoms with van der Waals surface area (Å²) in [7, 11) is 2.13. The smallest absolute Gasteiger partial charge is 0.122 e. The molecule has 1 aliphatic heterocycles. The van der Waals surface area contributed by atoms with Gasteiger partial charge in [-0.25, -0.2) is 0 Å². The Kier molecular flexibility index (Phi) is 4.62. The molecule has 0 saturated heterocycles. The van der Waals surface area contributed by atoms with Crippen LogP contribution in [-0.2, 0) is 12.8 Å². The summed E-state index contributed by atoms with van der Waals surface area (Å²) in [5.41, 5.74) is 2.90. The zero-order valence-corrected chi connectivity index (χ0v) is 12.7. The van der Waals surface area contributed by atoms with Crippen molar-refractivity contribution in [2.45, 2.75) is 57.4 Å². The highest BCUT2D eigenvalue weighted by molar-refractivity contribution is 5.39. The van der Waals surface area contributed by atoms with Crippen LogP contribution in [0.15, 0.2) is 18.2 Å². The lowest BCUT2D eigenvalue weighted by Crippen LogP contribution is -2.32. The van der Waals surface area contributed by atoms with Crippen molar-refractivity contribution in [1.29, 1.82) is 0 Å². The van der Waals surface area contributed by atoms with E-state index in [9.17, 15) is 0 Å². The molecule has 0 amide bonds. The fourth-order valence-electron chi connectivity index (χ4n) is 3.86. The Balaban J connectivity index is 1.60. The molecule has 1 aromatic rings. The van der Waals surface area contributed by atoms with Gasteiger partial charge in [-0.15, -0.1) is 0 Å². The van der Waals surface area contributed by atoms with Gasteiger partial charge in [0.25, 0.3) is 0 Å². The molecule has 20 heavy (non-hydrogen) atoms. The lowest BCUT2D eigenvalue weighted by Gasteiger charge is -2.24. The zero-order valence-electron chi connectivity index (χ0n) is 12.7. The molecule has 0 radical (unpaired) electrons. The van der Waals surface area contributed by atoms with Crippen molar-refractivity contribution in [3.63, 3.8) is 0 Å². The van der Waals surface area contributed by atoms with Crippen LogP contribution in [0.1, 0.15) is 49.7 Å². The topological polar surface area (TPSA) is 21.3 Å². The summed E-state index contributed by atoms with van der Waals surface area (Å²) in [4.78, 5) is 0. The number of hydrogen-bond acceptors (Lipinski definition) is 2. The van der Waals surface area contributed by atoms with E-state index in [0.29, 0.717) is 0 Å². The summed E-state index contributed by atoms with van der Waals surface area (Å²) in [5, 5.41) is 3.55. The standard InChI is InChI=1S/C18H27NO/c1-19-17-6-4-2-3-5-15(17)9-7-14-8-10-18-16(13-14)11-12-20-18/h8,10,13,15,17,19H,2-7,9,11-12H2,1H3. The molecule has 0 bridgehead atoms. The molecule has 2 atom stereocenters. The lowest BCUT2D eigenvalue weighted by molar-refractivity contribution is 0.332. The van der Waals surface area contributed by atoms with Crippen molar-refractivity contribution >= 4 is 0 Å². The van der Waals surface area contributed by atoms with Gasteiger partial charge in [0.05, 0.1) is 6.61 Å². The number of nitrogens with one attached hydrogen (secondary N) is 1. The lowest BCUT2D eigenvalue weighted by atomic mass is 9.88. The maximum absolute atomic E-state index is 5.59. The van der Waals surface area contributed by atoms with E-state index in [1.807, 2.05) is 0 Å². The van der Waals surface area contributed by atoms with E-state index in [-0.39, 0.29) is 0 Å². The van der Waals surface area contributed by atoms with Crippen molar-refractivity contribution in [2.75, 3.05) is 13.7 Å². The molecular formula is C18H27NO. The van der Waals surface area contributed by atoms with Crippen LogP contribution in [0.5, 0.6) is 5.75 Å². The van der Waals surface area contributed by atoms with Crippen LogP contribution < -0.4 is 10.1 Å². The third-order valence-electron chi connectivity index (χ3n) is 5.09.